The van der Waals surface area contributed by atoms with Gasteiger partial charge in [-0.1, -0.05) is 12.5 Å². The van der Waals surface area contributed by atoms with E-state index < -0.39 is 0 Å². The summed E-state index contributed by atoms with van der Waals surface area (Å²) in [5.74, 6) is -0.0303. The fraction of sp³-hybridized carbons (Fsp3) is 0.385. The lowest BCUT2D eigenvalue weighted by molar-refractivity contribution is -0.119. The monoisotopic (exact) mass is 432 g/mol. The van der Waals surface area contributed by atoms with Crippen molar-refractivity contribution < 1.29 is 9.18 Å². The van der Waals surface area contributed by atoms with Crippen LogP contribution < -0.4 is 5.32 Å². The maximum Gasteiger partial charge on any atom is 0.217 e. The molecule has 166 valence electrons. The molecule has 1 aromatic heterocycles. The van der Waals surface area contributed by atoms with Gasteiger partial charge in [0.25, 0.3) is 0 Å². The van der Waals surface area contributed by atoms with E-state index in [4.69, 9.17) is 10.4 Å². The maximum atomic E-state index is 13.3. The van der Waals surface area contributed by atoms with Crippen LogP contribution in [0.3, 0.4) is 0 Å². The predicted octanol–water partition coefficient (Wildman–Crippen LogP) is 5.57. The first-order valence-corrected chi connectivity index (χ1v) is 11.1. The molecule has 0 radical (unpaired) electrons. The number of rotatable bonds is 6. The van der Waals surface area contributed by atoms with Gasteiger partial charge in [-0.05, 0) is 85.1 Å². The summed E-state index contributed by atoms with van der Waals surface area (Å²) in [5.41, 5.74) is 3.94. The molecule has 0 bridgehead atoms. The van der Waals surface area contributed by atoms with E-state index in [1.807, 2.05) is 12.1 Å². The van der Waals surface area contributed by atoms with Crippen molar-refractivity contribution in [2.75, 3.05) is 0 Å². The molecule has 4 rings (SSSR count). The summed E-state index contributed by atoms with van der Waals surface area (Å²) in [6.45, 7) is 3.85. The molecule has 1 heterocycles. The van der Waals surface area contributed by atoms with E-state index in [0.717, 1.165) is 37.0 Å². The van der Waals surface area contributed by atoms with Gasteiger partial charge in [0.2, 0.25) is 5.91 Å². The first-order chi connectivity index (χ1) is 15.4. The number of aromatic nitrogens is 1. The van der Waals surface area contributed by atoms with Crippen LogP contribution in [0.4, 0.5) is 10.1 Å². The Bertz CT molecular complexity index is 1050. The summed E-state index contributed by atoms with van der Waals surface area (Å²) < 4.78 is 13.3. The highest BCUT2D eigenvalue weighted by Gasteiger charge is 2.47. The Morgan fingerprint density at radius 1 is 1.31 bits per heavy atom. The molecule has 2 aliphatic carbocycles. The number of hydrogen-bond donors (Lipinski definition) is 2. The number of pyridine rings is 1. The molecular formula is C26H29FN4O. The van der Waals surface area contributed by atoms with Crippen molar-refractivity contribution in [1.82, 2.24) is 10.3 Å². The number of nitrogens with zero attached hydrogens (tertiary/aromatic N) is 2. The van der Waals surface area contributed by atoms with E-state index in [9.17, 15) is 9.18 Å². The highest BCUT2D eigenvalue weighted by atomic mass is 19.1. The fourth-order valence-electron chi connectivity index (χ4n) is 5.28. The second-order valence-corrected chi connectivity index (χ2v) is 9.08. The van der Waals surface area contributed by atoms with Gasteiger partial charge in [-0.3, -0.25) is 14.8 Å². The van der Waals surface area contributed by atoms with Crippen LogP contribution in [0.5, 0.6) is 0 Å². The number of carbonyl (C=O) groups is 1. The lowest BCUT2D eigenvalue weighted by Gasteiger charge is -2.40. The predicted molar refractivity (Wildman–Crippen MR) is 125 cm³/mol. The molecular weight excluding hydrogens is 403 g/mol. The van der Waals surface area contributed by atoms with Crippen LogP contribution in [0.2, 0.25) is 0 Å². The Morgan fingerprint density at radius 3 is 2.69 bits per heavy atom. The second-order valence-electron chi connectivity index (χ2n) is 9.08. The van der Waals surface area contributed by atoms with E-state index in [1.54, 1.807) is 31.5 Å². The number of fused-ring (bicyclic) bond motifs is 1. The Labute approximate surface area is 188 Å². The van der Waals surface area contributed by atoms with Crippen LogP contribution in [0.25, 0.3) is 0 Å². The third kappa shape index (κ3) is 4.54. The number of allylic oxidation sites excluding steroid dienone is 2. The molecule has 6 heteroatoms. The number of benzene rings is 1. The van der Waals surface area contributed by atoms with Crippen molar-refractivity contribution in [2.45, 2.75) is 45.6 Å². The van der Waals surface area contributed by atoms with Crippen LogP contribution in [-0.4, -0.2) is 22.8 Å². The summed E-state index contributed by atoms with van der Waals surface area (Å²) in [6, 6.07) is 10.0. The summed E-state index contributed by atoms with van der Waals surface area (Å²) in [5, 5.41) is 11.2. The Balaban J connectivity index is 1.61. The average Bonchev–Trinajstić information content (AvgIpc) is 3.09. The topological polar surface area (TPSA) is 78.2 Å². The molecule has 0 spiro atoms. The van der Waals surface area contributed by atoms with E-state index in [1.165, 1.54) is 23.9 Å². The molecule has 1 saturated carbocycles. The van der Waals surface area contributed by atoms with Crippen molar-refractivity contribution >= 4 is 23.5 Å². The van der Waals surface area contributed by atoms with E-state index >= 15 is 0 Å². The van der Waals surface area contributed by atoms with Crippen LogP contribution in [-0.2, 0) is 4.79 Å². The molecule has 5 nitrogen and oxygen atoms in total. The molecule has 32 heavy (non-hydrogen) atoms. The zero-order valence-electron chi connectivity index (χ0n) is 18.5. The van der Waals surface area contributed by atoms with E-state index in [0.29, 0.717) is 11.6 Å². The van der Waals surface area contributed by atoms with Crippen molar-refractivity contribution in [3.05, 3.63) is 71.8 Å². The number of carbonyl (C=O) groups excluding carboxylic acids is 1. The number of halogens is 1. The standard InChI is InChI=1S/C26H29FN4O/c1-17(32)30-24(18-9-11-29-12-10-18)13-20-3-4-21-14-25(19(16-28)15-26(20,21)2)31-23-7-5-22(27)6-8-23/h5-12,14,16,19-20,24,28H,3-4,13,15H2,1-2H3,(H,30,32). The summed E-state index contributed by atoms with van der Waals surface area (Å²) in [6.07, 6.45) is 10.8. The minimum atomic E-state index is -0.284. The maximum absolute atomic E-state index is 13.3. The molecule has 4 unspecified atom stereocenters. The first-order valence-electron chi connectivity index (χ1n) is 11.1. The fourth-order valence-corrected chi connectivity index (χ4v) is 5.28. The lowest BCUT2D eigenvalue weighted by Crippen LogP contribution is -2.36. The largest absolute Gasteiger partial charge is 0.350 e. The van der Waals surface area contributed by atoms with Crippen LogP contribution in [0.15, 0.2) is 65.4 Å². The van der Waals surface area contributed by atoms with Gasteiger partial charge in [-0.25, -0.2) is 4.39 Å². The van der Waals surface area contributed by atoms with Gasteiger partial charge in [0, 0.05) is 37.2 Å². The van der Waals surface area contributed by atoms with Gasteiger partial charge in [-0.15, -0.1) is 0 Å². The quantitative estimate of drug-likeness (QED) is 0.585. The summed E-state index contributed by atoms with van der Waals surface area (Å²) in [7, 11) is 0. The van der Waals surface area contributed by atoms with Gasteiger partial charge < -0.3 is 10.7 Å². The SMILES string of the molecule is CC(=O)NC(CC1CCC2=CC(=Nc3ccc(F)cc3)C(C=N)CC21C)c1ccncc1. The average molecular weight is 433 g/mol. The van der Waals surface area contributed by atoms with Crippen molar-refractivity contribution in [1.29, 1.82) is 5.41 Å². The normalized spacial score (nSPS) is 26.8. The number of nitrogens with one attached hydrogen (secondary N) is 2. The highest BCUT2D eigenvalue weighted by Crippen LogP contribution is 2.56. The van der Waals surface area contributed by atoms with Gasteiger partial charge in [0.05, 0.1) is 11.7 Å². The number of amides is 1. The van der Waals surface area contributed by atoms with Crippen molar-refractivity contribution in [2.24, 2.45) is 22.2 Å². The molecule has 1 amide bonds. The third-order valence-electron chi connectivity index (χ3n) is 7.03. The second kappa shape index (κ2) is 9.15. The van der Waals surface area contributed by atoms with E-state index in [-0.39, 0.29) is 29.1 Å². The van der Waals surface area contributed by atoms with Crippen LogP contribution in [0.1, 0.15) is 51.1 Å². The molecule has 0 saturated heterocycles. The summed E-state index contributed by atoms with van der Waals surface area (Å²) >= 11 is 0. The lowest BCUT2D eigenvalue weighted by atomic mass is 9.65. The van der Waals surface area contributed by atoms with Gasteiger partial charge in [-0.2, -0.15) is 0 Å². The Hall–Kier alpha value is -3.15. The first kappa shape index (κ1) is 22.1. The van der Waals surface area contributed by atoms with E-state index in [2.05, 4.69) is 23.3 Å². The van der Waals surface area contributed by atoms with Gasteiger partial charge in [0.15, 0.2) is 0 Å². The molecule has 0 aliphatic heterocycles. The number of hydrogen-bond acceptors (Lipinski definition) is 4. The Morgan fingerprint density at radius 2 is 2.03 bits per heavy atom. The third-order valence-corrected chi connectivity index (χ3v) is 7.03. The smallest absolute Gasteiger partial charge is 0.217 e. The minimum absolute atomic E-state index is 0.0412. The molecule has 2 aliphatic rings. The van der Waals surface area contributed by atoms with Crippen LogP contribution in [0, 0.1) is 28.5 Å². The van der Waals surface area contributed by atoms with Crippen LogP contribution >= 0.6 is 0 Å². The van der Waals surface area contributed by atoms with Crippen molar-refractivity contribution in [3.8, 4) is 0 Å². The number of aliphatic imine (C=N–C) groups is 1. The molecule has 2 aromatic rings. The molecule has 2 N–H and O–H groups in total. The zero-order valence-corrected chi connectivity index (χ0v) is 18.5. The summed E-state index contributed by atoms with van der Waals surface area (Å²) in [4.78, 5) is 20.7. The van der Waals surface area contributed by atoms with Gasteiger partial charge >= 0.3 is 0 Å². The zero-order chi connectivity index (χ0) is 22.7. The molecule has 1 aromatic carbocycles. The Kier molecular flexibility index (Phi) is 6.31. The van der Waals surface area contributed by atoms with Gasteiger partial charge in [0.1, 0.15) is 5.82 Å². The molecule has 4 atom stereocenters. The highest BCUT2D eigenvalue weighted by molar-refractivity contribution is 6.07. The minimum Gasteiger partial charge on any atom is -0.350 e. The van der Waals surface area contributed by atoms with Crippen molar-refractivity contribution in [3.63, 3.8) is 0 Å². The molecule has 1 fully saturated rings.